The number of rotatable bonds is 11. The van der Waals surface area contributed by atoms with Gasteiger partial charge in [0.25, 0.3) is 0 Å². The Labute approximate surface area is 162 Å². The summed E-state index contributed by atoms with van der Waals surface area (Å²) in [6, 6.07) is 4.91. The van der Waals surface area contributed by atoms with Crippen molar-refractivity contribution in [2.75, 3.05) is 26.0 Å². The first-order valence-corrected chi connectivity index (χ1v) is 10.8. The van der Waals surface area contributed by atoms with Crippen molar-refractivity contribution in [1.82, 2.24) is 10.6 Å². The Hall–Kier alpha value is -1.27. The number of hydrogen-bond donors (Lipinski definition) is 3. The van der Waals surface area contributed by atoms with Crippen LogP contribution in [0.15, 0.2) is 23.2 Å². The molecule has 6 heteroatoms. The lowest BCUT2D eigenvalue weighted by Crippen LogP contribution is -2.40. The minimum absolute atomic E-state index is 0.202. The molecule has 0 heterocycles. The normalized spacial score (nSPS) is 13.1. The number of nitrogens with zero attached hydrogens (tertiary/aromatic N) is 1. The van der Waals surface area contributed by atoms with Gasteiger partial charge in [-0.05, 0) is 61.1 Å². The van der Waals surface area contributed by atoms with E-state index in [0.29, 0.717) is 18.4 Å². The number of aliphatic imine (C=N–C) groups is 1. The van der Waals surface area contributed by atoms with Crippen LogP contribution in [-0.2, 0) is 12.3 Å². The highest BCUT2D eigenvalue weighted by Crippen LogP contribution is 2.18. The molecule has 1 aromatic rings. The molecule has 148 valence electrons. The summed E-state index contributed by atoms with van der Waals surface area (Å²) >= 11 is 1.68. The summed E-state index contributed by atoms with van der Waals surface area (Å²) in [5, 5.41) is 15.9. The van der Waals surface area contributed by atoms with E-state index in [1.165, 1.54) is 6.07 Å². The lowest BCUT2D eigenvalue weighted by molar-refractivity contribution is 0.243. The van der Waals surface area contributed by atoms with Crippen molar-refractivity contribution in [2.24, 2.45) is 16.8 Å². The summed E-state index contributed by atoms with van der Waals surface area (Å²) < 4.78 is 13.5. The summed E-state index contributed by atoms with van der Waals surface area (Å²) in [5.41, 5.74) is 2.04. The first-order valence-electron chi connectivity index (χ1n) is 9.39. The van der Waals surface area contributed by atoms with Crippen LogP contribution < -0.4 is 10.6 Å². The second-order valence-corrected chi connectivity index (χ2v) is 7.80. The highest BCUT2D eigenvalue weighted by atomic mass is 32.2. The van der Waals surface area contributed by atoms with Crippen molar-refractivity contribution < 1.29 is 9.50 Å². The van der Waals surface area contributed by atoms with Crippen LogP contribution >= 0.6 is 11.8 Å². The standard InChI is InChI=1S/C20H34FN3OS/c1-5-22-20(23-12-16(8-9-25)10-15(2)3)24-13-17-6-7-19(21)11-18(17)14-26-4/h6-7,11,15-16,25H,5,8-10,12-14H2,1-4H3,(H2,22,23,24). The zero-order valence-electron chi connectivity index (χ0n) is 16.5. The first-order chi connectivity index (χ1) is 12.5. The van der Waals surface area contributed by atoms with E-state index in [0.717, 1.165) is 48.8 Å². The van der Waals surface area contributed by atoms with Gasteiger partial charge >= 0.3 is 0 Å². The summed E-state index contributed by atoms with van der Waals surface area (Å²) in [4.78, 5) is 4.67. The number of aliphatic hydroxyl groups excluding tert-OH is 1. The third-order valence-corrected chi connectivity index (χ3v) is 4.72. The predicted molar refractivity (Wildman–Crippen MR) is 111 cm³/mol. The number of hydrogen-bond acceptors (Lipinski definition) is 3. The van der Waals surface area contributed by atoms with Crippen LogP contribution in [-0.4, -0.2) is 37.0 Å². The third-order valence-electron chi connectivity index (χ3n) is 4.12. The molecule has 3 N–H and O–H groups in total. The topological polar surface area (TPSA) is 56.7 Å². The van der Waals surface area contributed by atoms with Crippen LogP contribution in [0.2, 0.25) is 0 Å². The average molecular weight is 384 g/mol. The van der Waals surface area contributed by atoms with Gasteiger partial charge in [-0.3, -0.25) is 0 Å². The first kappa shape index (κ1) is 22.8. The zero-order chi connectivity index (χ0) is 19.4. The fraction of sp³-hybridized carbons (Fsp3) is 0.650. The van der Waals surface area contributed by atoms with E-state index in [1.54, 1.807) is 17.8 Å². The molecule has 0 bridgehead atoms. The number of benzene rings is 1. The van der Waals surface area contributed by atoms with Gasteiger partial charge in [0, 0.05) is 25.4 Å². The quantitative estimate of drug-likeness (QED) is 0.402. The zero-order valence-corrected chi connectivity index (χ0v) is 17.3. The van der Waals surface area contributed by atoms with Crippen molar-refractivity contribution in [3.8, 4) is 0 Å². The summed E-state index contributed by atoms with van der Waals surface area (Å²) in [7, 11) is 0. The second kappa shape index (κ2) is 13.0. The maximum absolute atomic E-state index is 13.5. The van der Waals surface area contributed by atoms with Crippen LogP contribution in [0.1, 0.15) is 44.7 Å². The van der Waals surface area contributed by atoms with Gasteiger partial charge in [-0.2, -0.15) is 11.8 Å². The van der Waals surface area contributed by atoms with Crippen molar-refractivity contribution in [2.45, 2.75) is 45.9 Å². The van der Waals surface area contributed by atoms with Gasteiger partial charge in [0.15, 0.2) is 5.96 Å². The molecule has 0 aliphatic rings. The Morgan fingerprint density at radius 2 is 2.04 bits per heavy atom. The largest absolute Gasteiger partial charge is 0.396 e. The van der Waals surface area contributed by atoms with E-state index in [1.807, 2.05) is 19.2 Å². The molecule has 0 aromatic heterocycles. The molecule has 0 saturated heterocycles. The van der Waals surface area contributed by atoms with Crippen molar-refractivity contribution in [3.05, 3.63) is 35.1 Å². The van der Waals surface area contributed by atoms with Gasteiger partial charge in [0.05, 0.1) is 6.54 Å². The lowest BCUT2D eigenvalue weighted by atomic mass is 9.94. The number of guanidine groups is 1. The van der Waals surface area contributed by atoms with E-state index in [-0.39, 0.29) is 12.4 Å². The highest BCUT2D eigenvalue weighted by Gasteiger charge is 2.11. The number of halogens is 1. The van der Waals surface area contributed by atoms with Crippen LogP contribution in [0.25, 0.3) is 0 Å². The van der Waals surface area contributed by atoms with Crippen LogP contribution in [0.5, 0.6) is 0 Å². The average Bonchev–Trinajstić information content (AvgIpc) is 2.58. The molecule has 1 atom stereocenters. The third kappa shape index (κ3) is 8.90. The molecule has 0 amide bonds. The lowest BCUT2D eigenvalue weighted by Gasteiger charge is -2.20. The maximum Gasteiger partial charge on any atom is 0.191 e. The van der Waals surface area contributed by atoms with E-state index < -0.39 is 0 Å². The maximum atomic E-state index is 13.5. The van der Waals surface area contributed by atoms with Gasteiger partial charge in [0.1, 0.15) is 5.82 Å². The summed E-state index contributed by atoms with van der Waals surface area (Å²) in [6.45, 7) is 8.72. The second-order valence-electron chi connectivity index (χ2n) is 6.93. The van der Waals surface area contributed by atoms with Gasteiger partial charge < -0.3 is 15.7 Å². The highest BCUT2D eigenvalue weighted by molar-refractivity contribution is 7.97. The van der Waals surface area contributed by atoms with Crippen LogP contribution in [0, 0.1) is 17.7 Å². The van der Waals surface area contributed by atoms with E-state index in [2.05, 4.69) is 29.5 Å². The van der Waals surface area contributed by atoms with Gasteiger partial charge in [0.2, 0.25) is 0 Å². The number of nitrogens with one attached hydrogen (secondary N) is 2. The summed E-state index contributed by atoms with van der Waals surface area (Å²) in [5.74, 6) is 2.35. The van der Waals surface area contributed by atoms with Gasteiger partial charge in [-0.25, -0.2) is 9.38 Å². The Balaban J connectivity index is 2.76. The number of aliphatic hydroxyl groups is 1. The molecular formula is C20H34FN3OS. The smallest absolute Gasteiger partial charge is 0.191 e. The minimum Gasteiger partial charge on any atom is -0.396 e. The molecule has 1 aromatic carbocycles. The molecule has 0 fully saturated rings. The van der Waals surface area contributed by atoms with Gasteiger partial charge in [-0.15, -0.1) is 0 Å². The van der Waals surface area contributed by atoms with Crippen molar-refractivity contribution >= 4 is 17.7 Å². The molecule has 0 radical (unpaired) electrons. The Bertz CT molecular complexity index is 552. The molecule has 26 heavy (non-hydrogen) atoms. The van der Waals surface area contributed by atoms with E-state index in [4.69, 9.17) is 0 Å². The fourth-order valence-corrected chi connectivity index (χ4v) is 3.52. The molecule has 1 unspecified atom stereocenters. The molecular weight excluding hydrogens is 349 g/mol. The van der Waals surface area contributed by atoms with Crippen molar-refractivity contribution in [1.29, 1.82) is 0 Å². The van der Waals surface area contributed by atoms with Crippen LogP contribution in [0.3, 0.4) is 0 Å². The molecule has 0 aliphatic carbocycles. The fourth-order valence-electron chi connectivity index (χ4n) is 2.94. The van der Waals surface area contributed by atoms with E-state index in [9.17, 15) is 9.50 Å². The Kier molecular flexibility index (Phi) is 11.4. The molecule has 0 spiro atoms. The summed E-state index contributed by atoms with van der Waals surface area (Å²) in [6.07, 6.45) is 3.88. The molecule has 0 saturated carbocycles. The number of thioether (sulfide) groups is 1. The SMILES string of the molecule is CCNC(=NCc1ccc(F)cc1CSC)NCC(CCO)CC(C)C. The molecule has 1 rings (SSSR count). The Morgan fingerprint density at radius 1 is 1.27 bits per heavy atom. The molecule has 0 aliphatic heterocycles. The predicted octanol–water partition coefficient (Wildman–Crippen LogP) is 3.79. The Morgan fingerprint density at radius 3 is 2.65 bits per heavy atom. The van der Waals surface area contributed by atoms with Crippen molar-refractivity contribution in [3.63, 3.8) is 0 Å². The van der Waals surface area contributed by atoms with Gasteiger partial charge in [-0.1, -0.05) is 19.9 Å². The van der Waals surface area contributed by atoms with Crippen LogP contribution in [0.4, 0.5) is 4.39 Å². The van der Waals surface area contributed by atoms with E-state index >= 15 is 0 Å². The molecule has 4 nitrogen and oxygen atoms in total. The minimum atomic E-state index is -0.202. The monoisotopic (exact) mass is 383 g/mol.